The zero-order chi connectivity index (χ0) is 29.1. The van der Waals surface area contributed by atoms with Gasteiger partial charge in [0.2, 0.25) is 0 Å². The van der Waals surface area contributed by atoms with E-state index in [9.17, 15) is 23.3 Å². The lowest BCUT2D eigenvalue weighted by atomic mass is 10.00. The Balaban J connectivity index is 1.75. The van der Waals surface area contributed by atoms with Crippen LogP contribution in [0.25, 0.3) is 39.5 Å². The van der Waals surface area contributed by atoms with E-state index in [4.69, 9.17) is 4.74 Å². The summed E-state index contributed by atoms with van der Waals surface area (Å²) in [6, 6.07) is 17.4. The second kappa shape index (κ2) is 11.2. The number of benzene rings is 2. The fourth-order valence-corrected chi connectivity index (χ4v) is 5.95. The van der Waals surface area contributed by atoms with Crippen LogP contribution in [0.4, 0.5) is 5.69 Å². The summed E-state index contributed by atoms with van der Waals surface area (Å²) in [5.41, 5.74) is 2.88. The third kappa shape index (κ3) is 5.24. The van der Waals surface area contributed by atoms with Gasteiger partial charge >= 0.3 is 5.97 Å². The van der Waals surface area contributed by atoms with Crippen molar-refractivity contribution in [2.45, 2.75) is 25.3 Å². The third-order valence-corrected chi connectivity index (χ3v) is 8.11. The molecule has 3 aromatic heterocycles. The van der Waals surface area contributed by atoms with E-state index >= 15 is 0 Å². The highest BCUT2D eigenvalue weighted by Crippen LogP contribution is 2.37. The van der Waals surface area contributed by atoms with Gasteiger partial charge in [-0.15, -0.1) is 0 Å². The van der Waals surface area contributed by atoms with Gasteiger partial charge in [-0.1, -0.05) is 18.2 Å². The number of carbonyl (C=O) groups is 1. The van der Waals surface area contributed by atoms with Gasteiger partial charge in [-0.3, -0.25) is 14.8 Å². The first-order valence-corrected chi connectivity index (χ1v) is 14.2. The van der Waals surface area contributed by atoms with Gasteiger partial charge in [0.15, 0.2) is 5.65 Å². The highest BCUT2D eigenvalue weighted by molar-refractivity contribution is 7.90. The maximum atomic E-state index is 13.9. The number of esters is 1. The lowest BCUT2D eigenvalue weighted by molar-refractivity contribution is -0.384. The van der Waals surface area contributed by atoms with Crippen LogP contribution in [0.2, 0.25) is 0 Å². The van der Waals surface area contributed by atoms with Crippen LogP contribution in [0.1, 0.15) is 19.5 Å². The zero-order valence-electron chi connectivity index (χ0n) is 22.2. The van der Waals surface area contributed by atoms with Crippen LogP contribution in [0, 0.1) is 10.1 Å². The molecule has 5 aromatic rings. The molecular weight excluding hydrogens is 546 g/mol. The first kappa shape index (κ1) is 27.5. The molecule has 12 heteroatoms. The van der Waals surface area contributed by atoms with Crippen molar-refractivity contribution in [1.29, 1.82) is 0 Å². The minimum absolute atomic E-state index is 0.0438. The molecule has 0 atom stereocenters. The van der Waals surface area contributed by atoms with Gasteiger partial charge < -0.3 is 4.74 Å². The number of fused-ring (bicyclic) bond motifs is 1. The standard InChI is InChI=1S/C29H25N5O6S/c1-3-32-19-26(28(31-32)20-10-12-21(13-11-20)34(36)37)24-16-17-30-29-25(24)18-22(14-15-27(35)40-4-2)33(29)41(38,39)23-8-6-5-7-9-23/h5-19H,3-4H2,1-2H3. The first-order valence-electron chi connectivity index (χ1n) is 12.7. The third-order valence-electron chi connectivity index (χ3n) is 6.37. The molecule has 0 radical (unpaired) electrons. The number of non-ortho nitro benzene ring substituents is 1. The summed E-state index contributed by atoms with van der Waals surface area (Å²) in [6.07, 6.45) is 5.90. The molecule has 0 N–H and O–H groups in total. The van der Waals surface area contributed by atoms with Crippen LogP contribution in [-0.4, -0.2) is 44.7 Å². The average Bonchev–Trinajstić information content (AvgIpc) is 3.59. The fourth-order valence-electron chi connectivity index (χ4n) is 4.47. The molecular formula is C29H25N5O6S. The number of hydrogen-bond acceptors (Lipinski definition) is 8. The van der Waals surface area contributed by atoms with Crippen LogP contribution < -0.4 is 0 Å². The summed E-state index contributed by atoms with van der Waals surface area (Å²) in [6.45, 7) is 4.34. The number of nitrogens with zero attached hydrogens (tertiary/aromatic N) is 5. The summed E-state index contributed by atoms with van der Waals surface area (Å²) in [7, 11) is -4.12. The second-order valence-corrected chi connectivity index (χ2v) is 10.7. The molecule has 2 aromatic carbocycles. The Morgan fingerprint density at radius 3 is 2.44 bits per heavy atom. The molecule has 0 aliphatic heterocycles. The van der Waals surface area contributed by atoms with Crippen molar-refractivity contribution in [2.75, 3.05) is 6.61 Å². The maximum absolute atomic E-state index is 13.9. The minimum atomic E-state index is -4.12. The summed E-state index contributed by atoms with van der Waals surface area (Å²) < 4.78 is 35.6. The number of hydrogen-bond donors (Lipinski definition) is 0. The quantitative estimate of drug-likeness (QED) is 0.100. The van der Waals surface area contributed by atoms with Crippen molar-refractivity contribution in [2.24, 2.45) is 0 Å². The average molecular weight is 572 g/mol. The number of carbonyl (C=O) groups excluding carboxylic acids is 1. The van der Waals surface area contributed by atoms with E-state index in [-0.39, 0.29) is 28.5 Å². The lowest BCUT2D eigenvalue weighted by Crippen LogP contribution is -2.15. The maximum Gasteiger partial charge on any atom is 0.330 e. The predicted molar refractivity (Wildman–Crippen MR) is 153 cm³/mol. The number of nitro groups is 1. The monoisotopic (exact) mass is 571 g/mol. The molecule has 0 amide bonds. The molecule has 0 aliphatic rings. The number of ether oxygens (including phenoxy) is 1. The second-order valence-electron chi connectivity index (χ2n) is 8.88. The summed E-state index contributed by atoms with van der Waals surface area (Å²) in [5.74, 6) is -0.612. The van der Waals surface area contributed by atoms with Gasteiger partial charge in [0.1, 0.15) is 5.69 Å². The van der Waals surface area contributed by atoms with E-state index in [0.717, 1.165) is 3.97 Å². The predicted octanol–water partition coefficient (Wildman–Crippen LogP) is 5.31. The molecule has 0 bridgehead atoms. The minimum Gasteiger partial charge on any atom is -0.463 e. The van der Waals surface area contributed by atoms with Crippen LogP contribution in [-0.2, 0) is 26.1 Å². The normalized spacial score (nSPS) is 11.8. The highest BCUT2D eigenvalue weighted by Gasteiger charge is 2.26. The van der Waals surface area contributed by atoms with Gasteiger partial charge in [0.05, 0.1) is 22.1 Å². The first-order chi connectivity index (χ1) is 19.7. The van der Waals surface area contributed by atoms with Gasteiger partial charge in [0, 0.05) is 53.7 Å². The molecule has 5 rings (SSSR count). The summed E-state index contributed by atoms with van der Waals surface area (Å²) in [5, 5.41) is 16.4. The van der Waals surface area contributed by atoms with Crippen molar-refractivity contribution in [3.63, 3.8) is 0 Å². The number of aromatic nitrogens is 4. The number of nitro benzene ring substituents is 1. The van der Waals surface area contributed by atoms with Gasteiger partial charge in [0.25, 0.3) is 15.7 Å². The molecule has 0 aliphatic carbocycles. The lowest BCUT2D eigenvalue weighted by Gasteiger charge is -2.10. The zero-order valence-corrected chi connectivity index (χ0v) is 23.0. The van der Waals surface area contributed by atoms with Gasteiger partial charge in [-0.2, -0.15) is 5.10 Å². The van der Waals surface area contributed by atoms with Crippen LogP contribution in [0.15, 0.2) is 90.1 Å². The Morgan fingerprint density at radius 1 is 1.05 bits per heavy atom. The largest absolute Gasteiger partial charge is 0.463 e. The van der Waals surface area contributed by atoms with E-state index in [1.165, 1.54) is 42.6 Å². The van der Waals surface area contributed by atoms with E-state index in [2.05, 4.69) is 10.1 Å². The Bertz CT molecular complexity index is 1890. The molecule has 11 nitrogen and oxygen atoms in total. The molecule has 0 saturated carbocycles. The van der Waals surface area contributed by atoms with Gasteiger partial charge in [-0.05, 0) is 61.9 Å². The topological polar surface area (TPSA) is 139 Å². The van der Waals surface area contributed by atoms with E-state index < -0.39 is 20.9 Å². The van der Waals surface area contributed by atoms with Crippen molar-refractivity contribution < 1.29 is 22.9 Å². The van der Waals surface area contributed by atoms with E-state index in [0.29, 0.717) is 34.3 Å². The summed E-state index contributed by atoms with van der Waals surface area (Å²) in [4.78, 5) is 27.3. The highest BCUT2D eigenvalue weighted by atomic mass is 32.2. The molecule has 0 spiro atoms. The number of pyridine rings is 1. The summed E-state index contributed by atoms with van der Waals surface area (Å²) >= 11 is 0. The Hall–Kier alpha value is -5.10. The van der Waals surface area contributed by atoms with Crippen LogP contribution >= 0.6 is 0 Å². The molecule has 208 valence electrons. The molecule has 41 heavy (non-hydrogen) atoms. The van der Waals surface area contributed by atoms with Gasteiger partial charge in [-0.25, -0.2) is 22.2 Å². The van der Waals surface area contributed by atoms with E-state index in [1.54, 1.807) is 54.1 Å². The van der Waals surface area contributed by atoms with Crippen molar-refractivity contribution in [1.82, 2.24) is 18.7 Å². The molecule has 0 fully saturated rings. The fraction of sp³-hybridized carbons (Fsp3) is 0.138. The van der Waals surface area contributed by atoms with E-state index in [1.807, 2.05) is 13.1 Å². The molecule has 3 heterocycles. The molecule has 0 saturated heterocycles. The Labute approximate surface area is 235 Å². The molecule has 0 unspecified atom stereocenters. The SMILES string of the molecule is CCOC(=O)C=Cc1cc2c(-c3cn(CC)nc3-c3ccc([N+](=O)[O-])cc3)ccnc2n1S(=O)(=O)c1ccccc1. The Kier molecular flexibility index (Phi) is 7.49. The van der Waals surface area contributed by atoms with Crippen LogP contribution in [0.5, 0.6) is 0 Å². The Morgan fingerprint density at radius 2 is 1.78 bits per heavy atom. The number of aryl methyl sites for hydroxylation is 1. The van der Waals surface area contributed by atoms with Crippen molar-refractivity contribution >= 4 is 38.8 Å². The van der Waals surface area contributed by atoms with Crippen LogP contribution in [0.3, 0.4) is 0 Å². The van der Waals surface area contributed by atoms with Crippen molar-refractivity contribution in [3.05, 3.63) is 101 Å². The number of rotatable bonds is 9. The van der Waals surface area contributed by atoms with Crippen molar-refractivity contribution in [3.8, 4) is 22.4 Å². The smallest absolute Gasteiger partial charge is 0.330 e.